The number of nitrogens with zero attached hydrogens (tertiary/aromatic N) is 1. The number of aryl methyl sites for hydroxylation is 1. The molecule has 3 aromatic carbocycles. The molecule has 1 heterocycles. The highest BCUT2D eigenvalue weighted by Gasteiger charge is 2.08. The van der Waals surface area contributed by atoms with E-state index in [9.17, 15) is 0 Å². The summed E-state index contributed by atoms with van der Waals surface area (Å²) in [6.07, 6.45) is 2.96. The van der Waals surface area contributed by atoms with Crippen LogP contribution in [0.2, 0.25) is 0 Å². The van der Waals surface area contributed by atoms with Gasteiger partial charge in [-0.25, -0.2) is 0 Å². The third-order valence-electron chi connectivity index (χ3n) is 4.28. The lowest BCUT2D eigenvalue weighted by atomic mass is 9.98. The number of hydrogen-bond acceptors (Lipinski definition) is 1. The fraction of sp³-hybridized carbons (Fsp3) is 0.0952. The second-order valence-corrected chi connectivity index (χ2v) is 5.60. The van der Waals surface area contributed by atoms with E-state index in [1.54, 1.807) is 0 Å². The number of fused-ring (bicyclic) bond motifs is 3. The van der Waals surface area contributed by atoms with E-state index in [-0.39, 0.29) is 0 Å². The number of pyridine rings is 1. The smallest absolute Gasteiger partial charge is 0.0780 e. The molecule has 0 aliphatic heterocycles. The van der Waals surface area contributed by atoms with Gasteiger partial charge in [0.25, 0.3) is 0 Å². The normalized spacial score (nSPS) is 11.1. The zero-order chi connectivity index (χ0) is 14.9. The maximum atomic E-state index is 4.66. The van der Waals surface area contributed by atoms with Crippen LogP contribution in [0.4, 0.5) is 0 Å². The van der Waals surface area contributed by atoms with Gasteiger partial charge in [0.2, 0.25) is 0 Å². The van der Waals surface area contributed by atoms with Crippen molar-refractivity contribution in [1.29, 1.82) is 0 Å². The molecule has 22 heavy (non-hydrogen) atoms. The first-order valence-electron chi connectivity index (χ1n) is 7.72. The van der Waals surface area contributed by atoms with Gasteiger partial charge in [-0.2, -0.15) is 0 Å². The Labute approximate surface area is 130 Å². The van der Waals surface area contributed by atoms with Crippen LogP contribution in [0.3, 0.4) is 0 Å². The van der Waals surface area contributed by atoms with Crippen molar-refractivity contribution in [3.05, 3.63) is 78.5 Å². The molecular formula is C21H17N. The van der Waals surface area contributed by atoms with Crippen LogP contribution in [0.1, 0.15) is 12.5 Å². The van der Waals surface area contributed by atoms with Gasteiger partial charge in [-0.05, 0) is 40.3 Å². The Morgan fingerprint density at radius 1 is 0.773 bits per heavy atom. The lowest BCUT2D eigenvalue weighted by Crippen LogP contribution is -1.88. The summed E-state index contributed by atoms with van der Waals surface area (Å²) in [5.74, 6) is 0. The molecule has 0 unspecified atom stereocenters. The second kappa shape index (κ2) is 5.27. The average molecular weight is 283 g/mol. The van der Waals surface area contributed by atoms with E-state index in [1.165, 1.54) is 32.7 Å². The minimum atomic E-state index is 1.04. The molecule has 4 rings (SSSR count). The first kappa shape index (κ1) is 13.0. The van der Waals surface area contributed by atoms with Gasteiger partial charge >= 0.3 is 0 Å². The van der Waals surface area contributed by atoms with Crippen molar-refractivity contribution in [3.8, 4) is 11.3 Å². The van der Waals surface area contributed by atoms with E-state index >= 15 is 0 Å². The number of benzene rings is 3. The largest absolute Gasteiger partial charge is 0.256 e. The number of hydrogen-bond donors (Lipinski definition) is 0. The minimum absolute atomic E-state index is 1.04. The highest BCUT2D eigenvalue weighted by molar-refractivity contribution is 6.11. The van der Waals surface area contributed by atoms with Gasteiger partial charge in [0, 0.05) is 17.1 Å². The molecular weight excluding hydrogens is 266 g/mol. The SMILES string of the molecule is CCc1cccc(-c2nccc3c2ccc2ccccc23)c1. The molecule has 0 saturated carbocycles. The van der Waals surface area contributed by atoms with Gasteiger partial charge in [0.05, 0.1) is 5.69 Å². The predicted molar refractivity (Wildman–Crippen MR) is 94.1 cm³/mol. The standard InChI is InChI=1S/C21H17N/c1-2-15-6-5-8-17(14-15)21-20-11-10-16-7-3-4-9-18(16)19(20)12-13-22-21/h3-14H,2H2,1H3. The lowest BCUT2D eigenvalue weighted by molar-refractivity contribution is 1.14. The van der Waals surface area contributed by atoms with Crippen LogP contribution in [-0.4, -0.2) is 4.98 Å². The summed E-state index contributed by atoms with van der Waals surface area (Å²) in [6, 6.07) is 23.7. The molecule has 1 nitrogen and oxygen atoms in total. The van der Waals surface area contributed by atoms with E-state index < -0.39 is 0 Å². The van der Waals surface area contributed by atoms with Crippen LogP contribution >= 0.6 is 0 Å². The summed E-state index contributed by atoms with van der Waals surface area (Å²) < 4.78 is 0. The van der Waals surface area contributed by atoms with Crippen LogP contribution in [0.5, 0.6) is 0 Å². The molecule has 0 radical (unpaired) electrons. The number of rotatable bonds is 2. The molecule has 1 heteroatoms. The summed E-state index contributed by atoms with van der Waals surface area (Å²) in [4.78, 5) is 4.66. The summed E-state index contributed by atoms with van der Waals surface area (Å²) in [7, 11) is 0. The number of aromatic nitrogens is 1. The predicted octanol–water partition coefficient (Wildman–Crippen LogP) is 5.62. The molecule has 0 aliphatic rings. The van der Waals surface area contributed by atoms with Gasteiger partial charge in [0.1, 0.15) is 0 Å². The molecule has 0 atom stereocenters. The van der Waals surface area contributed by atoms with Crippen molar-refractivity contribution in [1.82, 2.24) is 4.98 Å². The van der Waals surface area contributed by atoms with Crippen molar-refractivity contribution < 1.29 is 0 Å². The highest BCUT2D eigenvalue weighted by Crippen LogP contribution is 2.31. The molecule has 0 N–H and O–H groups in total. The fourth-order valence-electron chi connectivity index (χ4n) is 3.11. The molecule has 0 amide bonds. The van der Waals surface area contributed by atoms with Crippen molar-refractivity contribution in [2.24, 2.45) is 0 Å². The van der Waals surface area contributed by atoms with E-state index in [0.717, 1.165) is 12.1 Å². The minimum Gasteiger partial charge on any atom is -0.256 e. The monoisotopic (exact) mass is 283 g/mol. The van der Waals surface area contributed by atoms with Crippen molar-refractivity contribution in [2.45, 2.75) is 13.3 Å². The summed E-state index contributed by atoms with van der Waals surface area (Å²) in [5.41, 5.74) is 3.61. The Balaban J connectivity index is 2.04. The van der Waals surface area contributed by atoms with Gasteiger partial charge in [-0.1, -0.05) is 61.5 Å². The lowest BCUT2D eigenvalue weighted by Gasteiger charge is -2.09. The maximum absolute atomic E-state index is 4.66. The Bertz CT molecular complexity index is 970. The fourth-order valence-corrected chi connectivity index (χ4v) is 3.11. The highest BCUT2D eigenvalue weighted by atomic mass is 14.7. The summed E-state index contributed by atoms with van der Waals surface area (Å²) >= 11 is 0. The van der Waals surface area contributed by atoms with Crippen LogP contribution in [0, 0.1) is 0 Å². The molecule has 0 bridgehead atoms. The molecule has 4 aromatic rings. The molecule has 0 fully saturated rings. The molecule has 0 spiro atoms. The topological polar surface area (TPSA) is 12.9 Å². The zero-order valence-electron chi connectivity index (χ0n) is 12.6. The Morgan fingerprint density at radius 2 is 1.68 bits per heavy atom. The van der Waals surface area contributed by atoms with Gasteiger partial charge in [-0.15, -0.1) is 0 Å². The van der Waals surface area contributed by atoms with Crippen molar-refractivity contribution in [2.75, 3.05) is 0 Å². The third-order valence-corrected chi connectivity index (χ3v) is 4.28. The van der Waals surface area contributed by atoms with Crippen LogP contribution in [0.25, 0.3) is 32.8 Å². The summed E-state index contributed by atoms with van der Waals surface area (Å²) in [5, 5.41) is 5.05. The Kier molecular flexibility index (Phi) is 3.12. The van der Waals surface area contributed by atoms with Gasteiger partial charge in [-0.3, -0.25) is 4.98 Å². The van der Waals surface area contributed by atoms with Gasteiger partial charge in [0.15, 0.2) is 0 Å². The van der Waals surface area contributed by atoms with E-state index in [0.29, 0.717) is 0 Å². The van der Waals surface area contributed by atoms with Crippen LogP contribution < -0.4 is 0 Å². The average Bonchev–Trinajstić information content (AvgIpc) is 2.61. The Hall–Kier alpha value is -2.67. The van der Waals surface area contributed by atoms with Crippen LogP contribution in [0.15, 0.2) is 72.9 Å². The second-order valence-electron chi connectivity index (χ2n) is 5.60. The van der Waals surface area contributed by atoms with Crippen LogP contribution in [-0.2, 0) is 6.42 Å². The Morgan fingerprint density at radius 3 is 2.59 bits per heavy atom. The third kappa shape index (κ3) is 2.06. The maximum Gasteiger partial charge on any atom is 0.0780 e. The molecule has 0 aliphatic carbocycles. The zero-order valence-corrected chi connectivity index (χ0v) is 12.6. The van der Waals surface area contributed by atoms with Crippen molar-refractivity contribution >= 4 is 21.5 Å². The van der Waals surface area contributed by atoms with Crippen molar-refractivity contribution in [3.63, 3.8) is 0 Å². The van der Waals surface area contributed by atoms with E-state index in [1.807, 2.05) is 6.20 Å². The quantitative estimate of drug-likeness (QED) is 0.435. The van der Waals surface area contributed by atoms with E-state index in [2.05, 4.69) is 78.6 Å². The van der Waals surface area contributed by atoms with E-state index in [4.69, 9.17) is 0 Å². The first-order valence-corrected chi connectivity index (χ1v) is 7.72. The first-order chi connectivity index (χ1) is 10.9. The molecule has 1 aromatic heterocycles. The molecule has 106 valence electrons. The summed E-state index contributed by atoms with van der Waals surface area (Å²) in [6.45, 7) is 2.18. The van der Waals surface area contributed by atoms with Gasteiger partial charge < -0.3 is 0 Å². The molecule has 0 saturated heterocycles.